The summed E-state index contributed by atoms with van der Waals surface area (Å²) in [6, 6.07) is 7.63. The van der Waals surface area contributed by atoms with Crippen LogP contribution < -0.4 is 4.90 Å². The van der Waals surface area contributed by atoms with Crippen molar-refractivity contribution in [2.24, 2.45) is 5.92 Å². The van der Waals surface area contributed by atoms with Crippen molar-refractivity contribution in [3.63, 3.8) is 0 Å². The van der Waals surface area contributed by atoms with E-state index < -0.39 is 0 Å². The summed E-state index contributed by atoms with van der Waals surface area (Å²) in [4.78, 5) is 41.1. The van der Waals surface area contributed by atoms with Crippen LogP contribution in [-0.2, 0) is 14.4 Å². The van der Waals surface area contributed by atoms with Gasteiger partial charge in [0.15, 0.2) is 0 Å². The Morgan fingerprint density at radius 2 is 1.92 bits per heavy atom. The molecule has 24 heavy (non-hydrogen) atoms. The Labute approximate surface area is 146 Å². The molecule has 1 aromatic rings. The fourth-order valence-electron chi connectivity index (χ4n) is 3.14. The molecule has 0 aliphatic carbocycles. The lowest BCUT2D eigenvalue weighted by molar-refractivity contribution is -0.146. The molecule has 128 valence electrons. The second kappa shape index (κ2) is 6.81. The number of amides is 3. The highest BCUT2D eigenvalue weighted by molar-refractivity contribution is 6.30. The number of halogens is 1. The summed E-state index contributed by atoms with van der Waals surface area (Å²) in [5.74, 6) is -0.981. The number of hydrogen-bond acceptors (Lipinski definition) is 4. The van der Waals surface area contributed by atoms with Crippen LogP contribution >= 0.6 is 11.6 Å². The molecule has 3 rings (SSSR count). The Morgan fingerprint density at radius 3 is 2.50 bits per heavy atom. The topological polar surface area (TPSA) is 60.9 Å². The van der Waals surface area contributed by atoms with Crippen LogP contribution in [0.4, 0.5) is 5.69 Å². The van der Waals surface area contributed by atoms with Crippen molar-refractivity contribution in [3.8, 4) is 0 Å². The van der Waals surface area contributed by atoms with Crippen LogP contribution in [0.25, 0.3) is 0 Å². The van der Waals surface area contributed by atoms with Gasteiger partial charge in [-0.05, 0) is 18.2 Å². The molecule has 0 radical (unpaired) electrons. The maximum atomic E-state index is 12.4. The third kappa shape index (κ3) is 3.38. The first-order valence-corrected chi connectivity index (χ1v) is 8.46. The molecule has 2 fully saturated rings. The van der Waals surface area contributed by atoms with Gasteiger partial charge in [0.2, 0.25) is 17.7 Å². The molecule has 1 unspecified atom stereocenters. The normalized spacial score (nSPS) is 21.6. The molecule has 0 aromatic heterocycles. The average Bonchev–Trinajstić information content (AvgIpc) is 2.81. The number of likely N-dealkylation sites (tertiary alicyclic amines) is 1. The predicted octanol–water partition coefficient (Wildman–Crippen LogP) is 1.38. The largest absolute Gasteiger partial charge is 0.368 e. The molecule has 0 spiro atoms. The highest BCUT2D eigenvalue weighted by atomic mass is 35.5. The number of anilines is 1. The van der Waals surface area contributed by atoms with E-state index >= 15 is 0 Å². The molecule has 1 atom stereocenters. The number of imide groups is 1. The van der Waals surface area contributed by atoms with Gasteiger partial charge in [0.1, 0.15) is 6.54 Å². The maximum Gasteiger partial charge on any atom is 0.242 e. The minimum Gasteiger partial charge on any atom is -0.368 e. The molecule has 2 heterocycles. The van der Waals surface area contributed by atoms with Gasteiger partial charge in [-0.1, -0.05) is 24.6 Å². The number of carbonyl (C=O) groups is 3. The molecule has 3 amide bonds. The van der Waals surface area contributed by atoms with Gasteiger partial charge in [0.05, 0.1) is 0 Å². The van der Waals surface area contributed by atoms with E-state index in [1.54, 1.807) is 11.8 Å². The molecular weight excluding hydrogens is 330 g/mol. The van der Waals surface area contributed by atoms with Crippen LogP contribution in [0, 0.1) is 5.92 Å². The Morgan fingerprint density at radius 1 is 1.21 bits per heavy atom. The van der Waals surface area contributed by atoms with Crippen molar-refractivity contribution in [2.45, 2.75) is 13.3 Å². The van der Waals surface area contributed by atoms with E-state index in [9.17, 15) is 14.4 Å². The number of piperazine rings is 1. The van der Waals surface area contributed by atoms with Gasteiger partial charge in [-0.3, -0.25) is 19.3 Å². The van der Waals surface area contributed by atoms with Crippen molar-refractivity contribution in [1.29, 1.82) is 0 Å². The Kier molecular flexibility index (Phi) is 4.76. The van der Waals surface area contributed by atoms with Crippen LogP contribution in [0.5, 0.6) is 0 Å². The molecule has 2 saturated heterocycles. The second-order valence-corrected chi connectivity index (χ2v) is 6.71. The standard InChI is InChI=1S/C17H20ClN3O3/c1-12-9-15(22)21(17(12)24)11-16(23)20-7-5-19(6-8-20)14-4-2-3-13(18)10-14/h2-4,10,12H,5-9,11H2,1H3. The fourth-order valence-corrected chi connectivity index (χ4v) is 3.32. The summed E-state index contributed by atoms with van der Waals surface area (Å²) in [5, 5.41) is 0.686. The molecule has 2 aliphatic rings. The third-order valence-electron chi connectivity index (χ3n) is 4.57. The third-order valence-corrected chi connectivity index (χ3v) is 4.80. The van der Waals surface area contributed by atoms with Gasteiger partial charge >= 0.3 is 0 Å². The van der Waals surface area contributed by atoms with Crippen LogP contribution in [0.2, 0.25) is 5.02 Å². The lowest BCUT2D eigenvalue weighted by atomic mass is 10.1. The minimum absolute atomic E-state index is 0.140. The predicted molar refractivity (Wildman–Crippen MR) is 90.7 cm³/mol. The van der Waals surface area contributed by atoms with Crippen molar-refractivity contribution in [1.82, 2.24) is 9.80 Å². The molecule has 2 aliphatic heterocycles. The van der Waals surface area contributed by atoms with Gasteiger partial charge < -0.3 is 9.80 Å². The molecule has 7 heteroatoms. The highest BCUT2D eigenvalue weighted by Crippen LogP contribution is 2.22. The first kappa shape index (κ1) is 16.8. The number of benzene rings is 1. The van der Waals surface area contributed by atoms with Gasteiger partial charge in [0, 0.05) is 49.2 Å². The molecule has 0 bridgehead atoms. The summed E-state index contributed by atoms with van der Waals surface area (Å²) < 4.78 is 0. The SMILES string of the molecule is CC1CC(=O)N(CC(=O)N2CCN(c3cccc(Cl)c3)CC2)C1=O. The zero-order valence-electron chi connectivity index (χ0n) is 13.6. The summed E-state index contributed by atoms with van der Waals surface area (Å²) in [6.45, 7) is 4.11. The lowest BCUT2D eigenvalue weighted by Gasteiger charge is -2.36. The molecule has 6 nitrogen and oxygen atoms in total. The number of hydrogen-bond donors (Lipinski definition) is 0. The molecule has 0 N–H and O–H groups in total. The van der Waals surface area contributed by atoms with Gasteiger partial charge in [-0.2, -0.15) is 0 Å². The van der Waals surface area contributed by atoms with Crippen LogP contribution in [0.3, 0.4) is 0 Å². The monoisotopic (exact) mass is 349 g/mol. The van der Waals surface area contributed by atoms with Crippen molar-refractivity contribution < 1.29 is 14.4 Å². The zero-order valence-corrected chi connectivity index (χ0v) is 14.3. The van der Waals surface area contributed by atoms with Gasteiger partial charge in [0.25, 0.3) is 0 Å². The van der Waals surface area contributed by atoms with E-state index in [0.29, 0.717) is 31.2 Å². The van der Waals surface area contributed by atoms with Crippen LogP contribution in [0.15, 0.2) is 24.3 Å². The van der Waals surface area contributed by atoms with Gasteiger partial charge in [-0.15, -0.1) is 0 Å². The van der Waals surface area contributed by atoms with Crippen molar-refractivity contribution >= 4 is 35.0 Å². The maximum absolute atomic E-state index is 12.4. The molecule has 0 saturated carbocycles. The van der Waals surface area contributed by atoms with E-state index in [4.69, 9.17) is 11.6 Å². The van der Waals surface area contributed by atoms with E-state index in [1.807, 2.05) is 24.3 Å². The number of nitrogens with zero attached hydrogens (tertiary/aromatic N) is 3. The van der Waals surface area contributed by atoms with E-state index in [0.717, 1.165) is 10.6 Å². The zero-order chi connectivity index (χ0) is 17.3. The highest BCUT2D eigenvalue weighted by Gasteiger charge is 2.37. The quantitative estimate of drug-likeness (QED) is 0.774. The summed E-state index contributed by atoms with van der Waals surface area (Å²) in [6.07, 6.45) is 0.203. The summed E-state index contributed by atoms with van der Waals surface area (Å²) >= 11 is 6.02. The molecular formula is C17H20ClN3O3. The van der Waals surface area contributed by atoms with Crippen molar-refractivity contribution in [2.75, 3.05) is 37.6 Å². The lowest BCUT2D eigenvalue weighted by Crippen LogP contribution is -2.52. The smallest absolute Gasteiger partial charge is 0.242 e. The van der Waals surface area contributed by atoms with Crippen molar-refractivity contribution in [3.05, 3.63) is 29.3 Å². The Bertz CT molecular complexity index is 671. The average molecular weight is 350 g/mol. The number of carbonyl (C=O) groups excluding carboxylic acids is 3. The van der Waals surface area contributed by atoms with E-state index in [1.165, 1.54) is 0 Å². The Hall–Kier alpha value is -2.08. The Balaban J connectivity index is 1.56. The molecule has 1 aromatic carbocycles. The summed E-state index contributed by atoms with van der Waals surface area (Å²) in [5.41, 5.74) is 1.04. The van der Waals surface area contributed by atoms with E-state index in [-0.39, 0.29) is 36.6 Å². The van der Waals surface area contributed by atoms with Crippen LogP contribution in [0.1, 0.15) is 13.3 Å². The van der Waals surface area contributed by atoms with E-state index in [2.05, 4.69) is 4.90 Å². The first-order valence-electron chi connectivity index (χ1n) is 8.08. The fraction of sp³-hybridized carbons (Fsp3) is 0.471. The first-order chi connectivity index (χ1) is 11.5. The van der Waals surface area contributed by atoms with Gasteiger partial charge in [-0.25, -0.2) is 0 Å². The summed E-state index contributed by atoms with van der Waals surface area (Å²) in [7, 11) is 0. The minimum atomic E-state index is -0.315. The second-order valence-electron chi connectivity index (χ2n) is 6.27. The number of rotatable bonds is 3. The van der Waals surface area contributed by atoms with Crippen LogP contribution in [-0.4, -0.2) is 60.2 Å².